The van der Waals surface area contributed by atoms with Gasteiger partial charge < -0.3 is 5.32 Å². The minimum absolute atomic E-state index is 0.00818. The number of ketones is 1. The lowest BCUT2D eigenvalue weighted by atomic mass is 10.0. The highest BCUT2D eigenvalue weighted by Crippen LogP contribution is 2.16. The Morgan fingerprint density at radius 2 is 1.82 bits per heavy atom. The van der Waals surface area contributed by atoms with E-state index < -0.39 is 0 Å². The molecule has 0 radical (unpaired) electrons. The van der Waals surface area contributed by atoms with Gasteiger partial charge in [0.1, 0.15) is 0 Å². The number of nitrogens with one attached hydrogen (secondary N) is 1. The van der Waals surface area contributed by atoms with Crippen molar-refractivity contribution in [1.82, 2.24) is 20.1 Å². The van der Waals surface area contributed by atoms with Crippen molar-refractivity contribution >= 4 is 23.3 Å². The van der Waals surface area contributed by atoms with Gasteiger partial charge in [-0.25, -0.2) is 4.68 Å². The normalized spacial score (nSPS) is 10.7. The maximum Gasteiger partial charge on any atom is 0.224 e. The highest BCUT2D eigenvalue weighted by molar-refractivity contribution is 6.31. The van der Waals surface area contributed by atoms with E-state index in [0.717, 1.165) is 28.1 Å². The molecule has 0 aliphatic carbocycles. The van der Waals surface area contributed by atoms with Crippen molar-refractivity contribution in [3.8, 4) is 5.69 Å². The molecule has 2 heterocycles. The van der Waals surface area contributed by atoms with Gasteiger partial charge in [0, 0.05) is 41.6 Å². The Kier molecular flexibility index (Phi) is 6.95. The third-order valence-electron chi connectivity index (χ3n) is 5.20. The fourth-order valence-corrected chi connectivity index (χ4v) is 3.59. The van der Waals surface area contributed by atoms with Crippen molar-refractivity contribution in [2.45, 2.75) is 26.3 Å². The first-order chi connectivity index (χ1) is 16.0. The zero-order valence-electron chi connectivity index (χ0n) is 18.2. The molecule has 7 heteroatoms. The van der Waals surface area contributed by atoms with Gasteiger partial charge in [0.25, 0.3) is 0 Å². The van der Waals surface area contributed by atoms with Gasteiger partial charge in [0.2, 0.25) is 5.91 Å². The van der Waals surface area contributed by atoms with Gasteiger partial charge in [-0.2, -0.15) is 5.10 Å². The summed E-state index contributed by atoms with van der Waals surface area (Å²) in [6.45, 7) is 2.28. The van der Waals surface area contributed by atoms with Gasteiger partial charge in [-0.1, -0.05) is 48.0 Å². The Morgan fingerprint density at radius 1 is 0.970 bits per heavy atom. The van der Waals surface area contributed by atoms with Crippen molar-refractivity contribution in [2.75, 3.05) is 0 Å². The summed E-state index contributed by atoms with van der Waals surface area (Å²) in [7, 11) is 0. The number of rotatable bonds is 8. The number of benzene rings is 2. The van der Waals surface area contributed by atoms with Crippen molar-refractivity contribution < 1.29 is 9.59 Å². The zero-order chi connectivity index (χ0) is 23.2. The smallest absolute Gasteiger partial charge is 0.224 e. The SMILES string of the molecule is Cc1ccc(CC(=O)c2cccc(-n3cc(CC(=O)NCc4ccccc4Cl)cn3)c2)cn1. The first kappa shape index (κ1) is 22.4. The van der Waals surface area contributed by atoms with E-state index in [1.165, 1.54) is 0 Å². The molecule has 2 aromatic carbocycles. The van der Waals surface area contributed by atoms with Crippen LogP contribution in [0.5, 0.6) is 0 Å². The fourth-order valence-electron chi connectivity index (χ4n) is 3.39. The molecule has 4 aromatic rings. The lowest BCUT2D eigenvalue weighted by Gasteiger charge is -2.06. The Bertz CT molecular complexity index is 1280. The van der Waals surface area contributed by atoms with Gasteiger partial charge >= 0.3 is 0 Å². The van der Waals surface area contributed by atoms with E-state index >= 15 is 0 Å². The van der Waals surface area contributed by atoms with Crippen LogP contribution < -0.4 is 5.32 Å². The van der Waals surface area contributed by atoms with Crippen molar-refractivity contribution in [1.29, 1.82) is 0 Å². The molecule has 1 N–H and O–H groups in total. The molecule has 1 amide bonds. The Hall–Kier alpha value is -3.77. The Morgan fingerprint density at radius 3 is 2.61 bits per heavy atom. The molecule has 0 saturated heterocycles. The molecule has 166 valence electrons. The number of pyridine rings is 1. The quantitative estimate of drug-likeness (QED) is 0.394. The van der Waals surface area contributed by atoms with Crippen LogP contribution in [0, 0.1) is 6.92 Å². The summed E-state index contributed by atoms with van der Waals surface area (Å²) in [6, 6.07) is 18.5. The summed E-state index contributed by atoms with van der Waals surface area (Å²) in [6.07, 6.45) is 5.66. The molecule has 33 heavy (non-hydrogen) atoms. The summed E-state index contributed by atoms with van der Waals surface area (Å²) in [5, 5.41) is 7.86. The largest absolute Gasteiger partial charge is 0.352 e. The molecule has 6 nitrogen and oxygen atoms in total. The summed E-state index contributed by atoms with van der Waals surface area (Å²) in [4.78, 5) is 29.3. The zero-order valence-corrected chi connectivity index (χ0v) is 18.9. The second-order valence-corrected chi connectivity index (χ2v) is 8.20. The van der Waals surface area contributed by atoms with Crippen LogP contribution in [0.15, 0.2) is 79.3 Å². The monoisotopic (exact) mass is 458 g/mol. The maximum absolute atomic E-state index is 12.7. The maximum atomic E-state index is 12.7. The van der Waals surface area contributed by atoms with E-state index in [0.29, 0.717) is 17.1 Å². The number of nitrogens with zero attached hydrogens (tertiary/aromatic N) is 3. The van der Waals surface area contributed by atoms with Crippen molar-refractivity contribution in [2.24, 2.45) is 0 Å². The summed E-state index contributed by atoms with van der Waals surface area (Å²) < 4.78 is 1.67. The predicted octanol–water partition coefficient (Wildman–Crippen LogP) is 4.51. The highest BCUT2D eigenvalue weighted by Gasteiger charge is 2.11. The topological polar surface area (TPSA) is 76.9 Å². The first-order valence-corrected chi connectivity index (χ1v) is 10.9. The van der Waals surface area contributed by atoms with Crippen LogP contribution in [-0.4, -0.2) is 26.5 Å². The fraction of sp³-hybridized carbons (Fsp3) is 0.154. The highest BCUT2D eigenvalue weighted by atomic mass is 35.5. The van der Waals surface area contributed by atoms with Gasteiger partial charge in [-0.05, 0) is 47.9 Å². The second-order valence-electron chi connectivity index (χ2n) is 7.80. The van der Waals surface area contributed by atoms with Gasteiger partial charge in [-0.15, -0.1) is 0 Å². The molecular formula is C26H23ClN4O2. The average molecular weight is 459 g/mol. The molecule has 4 rings (SSSR count). The molecule has 0 aliphatic rings. The van der Waals surface area contributed by atoms with E-state index in [1.807, 2.05) is 49.4 Å². The molecule has 0 bridgehead atoms. The molecule has 0 saturated carbocycles. The van der Waals surface area contributed by atoms with Gasteiger partial charge in [0.05, 0.1) is 18.3 Å². The Balaban J connectivity index is 1.38. The first-order valence-electron chi connectivity index (χ1n) is 10.6. The molecular weight excluding hydrogens is 436 g/mol. The minimum Gasteiger partial charge on any atom is -0.352 e. The Labute approximate surface area is 197 Å². The van der Waals surface area contributed by atoms with Crippen molar-refractivity contribution in [3.05, 3.63) is 112 Å². The number of amides is 1. The summed E-state index contributed by atoms with van der Waals surface area (Å²) in [5.74, 6) is -0.112. The number of aryl methyl sites for hydroxylation is 1. The number of carbonyl (C=O) groups is 2. The third-order valence-corrected chi connectivity index (χ3v) is 5.57. The van der Waals surface area contributed by atoms with Crippen LogP contribution in [-0.2, 0) is 24.2 Å². The number of carbonyl (C=O) groups excluding carboxylic acids is 2. The van der Waals surface area contributed by atoms with Gasteiger partial charge in [0.15, 0.2) is 5.78 Å². The standard InChI is InChI=1S/C26H23ClN4O2/c1-18-9-10-19(14-28-18)11-25(32)21-6-4-7-23(13-21)31-17-20(15-30-31)12-26(33)29-16-22-5-2-3-8-24(22)27/h2-10,13-15,17H,11-12,16H2,1H3,(H,29,33). The average Bonchev–Trinajstić information content (AvgIpc) is 3.28. The lowest BCUT2D eigenvalue weighted by Crippen LogP contribution is -2.24. The van der Waals surface area contributed by atoms with Crippen LogP contribution in [0.2, 0.25) is 5.02 Å². The molecule has 0 aliphatic heterocycles. The summed E-state index contributed by atoms with van der Waals surface area (Å²) in [5.41, 5.74) is 4.79. The number of aromatic nitrogens is 3. The van der Waals surface area contributed by atoms with Crippen LogP contribution in [0.25, 0.3) is 5.69 Å². The molecule has 2 aromatic heterocycles. The predicted molar refractivity (Wildman–Crippen MR) is 128 cm³/mol. The number of hydrogen-bond acceptors (Lipinski definition) is 4. The van der Waals surface area contributed by atoms with Crippen LogP contribution in [0.1, 0.15) is 32.7 Å². The van der Waals surface area contributed by atoms with Crippen LogP contribution >= 0.6 is 11.6 Å². The molecule has 0 unspecified atom stereocenters. The van der Waals surface area contributed by atoms with E-state index in [4.69, 9.17) is 11.6 Å². The van der Waals surface area contributed by atoms with Crippen LogP contribution in [0.4, 0.5) is 0 Å². The summed E-state index contributed by atoms with van der Waals surface area (Å²) >= 11 is 6.13. The van der Waals surface area contributed by atoms with E-state index in [9.17, 15) is 9.59 Å². The second kappa shape index (κ2) is 10.2. The van der Waals surface area contributed by atoms with Crippen LogP contribution in [0.3, 0.4) is 0 Å². The molecule has 0 atom stereocenters. The van der Waals surface area contributed by atoms with Gasteiger partial charge in [-0.3, -0.25) is 14.6 Å². The van der Waals surface area contributed by atoms with E-state index in [1.54, 1.807) is 41.5 Å². The third kappa shape index (κ3) is 5.93. The number of halogens is 1. The minimum atomic E-state index is -0.120. The lowest BCUT2D eigenvalue weighted by molar-refractivity contribution is -0.120. The van der Waals surface area contributed by atoms with E-state index in [2.05, 4.69) is 15.4 Å². The number of Topliss-reactive ketones (excluding diaryl/α,β-unsaturated/α-hetero) is 1. The molecule has 0 spiro atoms. The van der Waals surface area contributed by atoms with Crippen molar-refractivity contribution in [3.63, 3.8) is 0 Å². The number of hydrogen-bond donors (Lipinski definition) is 1. The van der Waals surface area contributed by atoms with E-state index in [-0.39, 0.29) is 24.5 Å². The molecule has 0 fully saturated rings.